The van der Waals surface area contributed by atoms with Crippen molar-refractivity contribution in [3.8, 4) is 5.75 Å². The summed E-state index contributed by atoms with van der Waals surface area (Å²) in [6.45, 7) is 2.21. The van der Waals surface area contributed by atoms with Crippen molar-refractivity contribution in [2.75, 3.05) is 0 Å². The lowest BCUT2D eigenvalue weighted by Crippen LogP contribution is -2.14. The quantitative estimate of drug-likeness (QED) is 0.837. The topological polar surface area (TPSA) is 29.5 Å². The number of rotatable bonds is 3. The Morgan fingerprint density at radius 3 is 2.29 bits per heavy atom. The molecule has 0 saturated heterocycles. The summed E-state index contributed by atoms with van der Waals surface area (Å²) in [5.74, 6) is -1.46. The highest BCUT2D eigenvalue weighted by atomic mass is 19.4. The molecule has 1 aromatic rings. The van der Waals surface area contributed by atoms with E-state index in [0.717, 1.165) is 6.07 Å². The molecule has 0 fully saturated rings. The second-order valence-corrected chi connectivity index (χ2v) is 3.73. The molecule has 0 saturated carbocycles. The fourth-order valence-corrected chi connectivity index (χ4v) is 1.36. The molecule has 0 unspecified atom stereocenters. The fourth-order valence-electron chi connectivity index (χ4n) is 1.36. The van der Waals surface area contributed by atoms with Crippen LogP contribution in [0.1, 0.15) is 25.0 Å². The zero-order valence-corrected chi connectivity index (χ0v) is 9.31. The van der Waals surface area contributed by atoms with E-state index in [1.807, 2.05) is 0 Å². The number of alkyl halides is 3. The van der Waals surface area contributed by atoms with Crippen LogP contribution < -0.4 is 4.74 Å². The van der Waals surface area contributed by atoms with Crippen LogP contribution in [0.2, 0.25) is 0 Å². The number of benzene rings is 1. The standard InChI is InChI=1S/C11H12F4O2/c1-6(2)17-9-4-3-8(11(13,14)15)7(5-16)10(9)12/h3-4,6,16H,5H2,1-2H3. The van der Waals surface area contributed by atoms with Crippen molar-refractivity contribution in [2.24, 2.45) is 0 Å². The Morgan fingerprint density at radius 1 is 1.29 bits per heavy atom. The first-order chi connectivity index (χ1) is 7.77. The maximum Gasteiger partial charge on any atom is 0.416 e. The molecule has 1 rings (SSSR count). The summed E-state index contributed by atoms with van der Waals surface area (Å²) in [4.78, 5) is 0. The van der Waals surface area contributed by atoms with Crippen LogP contribution in [0, 0.1) is 5.82 Å². The largest absolute Gasteiger partial charge is 0.488 e. The van der Waals surface area contributed by atoms with Gasteiger partial charge in [0.15, 0.2) is 11.6 Å². The molecule has 2 nitrogen and oxygen atoms in total. The summed E-state index contributed by atoms with van der Waals surface area (Å²) in [7, 11) is 0. The number of hydrogen-bond acceptors (Lipinski definition) is 2. The highest BCUT2D eigenvalue weighted by molar-refractivity contribution is 5.39. The summed E-state index contributed by atoms with van der Waals surface area (Å²) in [5.41, 5.74) is -1.98. The average Bonchev–Trinajstić information content (AvgIpc) is 2.18. The van der Waals surface area contributed by atoms with E-state index in [2.05, 4.69) is 0 Å². The zero-order valence-electron chi connectivity index (χ0n) is 9.31. The molecule has 0 heterocycles. The van der Waals surface area contributed by atoms with Gasteiger partial charge >= 0.3 is 6.18 Å². The molecule has 0 atom stereocenters. The van der Waals surface area contributed by atoms with Gasteiger partial charge in [-0.2, -0.15) is 13.2 Å². The van der Waals surface area contributed by atoms with Gasteiger partial charge in [0.25, 0.3) is 0 Å². The Kier molecular flexibility index (Phi) is 3.98. The average molecular weight is 252 g/mol. The zero-order chi connectivity index (χ0) is 13.2. The Morgan fingerprint density at radius 2 is 1.88 bits per heavy atom. The third-order valence-corrected chi connectivity index (χ3v) is 2.03. The minimum absolute atomic E-state index is 0.294. The lowest BCUT2D eigenvalue weighted by atomic mass is 10.1. The van der Waals surface area contributed by atoms with Crippen molar-refractivity contribution in [2.45, 2.75) is 32.7 Å². The third kappa shape index (κ3) is 3.09. The van der Waals surface area contributed by atoms with Gasteiger partial charge in [-0.1, -0.05) is 0 Å². The van der Waals surface area contributed by atoms with Crippen molar-refractivity contribution in [1.82, 2.24) is 0 Å². The second kappa shape index (κ2) is 4.91. The van der Waals surface area contributed by atoms with E-state index in [1.54, 1.807) is 13.8 Å². The first-order valence-corrected chi connectivity index (χ1v) is 4.93. The van der Waals surface area contributed by atoms with Crippen LogP contribution in [0.3, 0.4) is 0 Å². The predicted octanol–water partition coefficient (Wildman–Crippen LogP) is 3.12. The highest BCUT2D eigenvalue weighted by Gasteiger charge is 2.35. The first-order valence-electron chi connectivity index (χ1n) is 4.93. The van der Waals surface area contributed by atoms with Gasteiger partial charge in [0.2, 0.25) is 0 Å². The van der Waals surface area contributed by atoms with Crippen LogP contribution in [0.25, 0.3) is 0 Å². The number of aliphatic hydroxyl groups excluding tert-OH is 1. The Hall–Kier alpha value is -1.30. The van der Waals surface area contributed by atoms with Gasteiger partial charge in [0, 0.05) is 5.56 Å². The maximum atomic E-state index is 13.6. The molecular weight excluding hydrogens is 240 g/mol. The van der Waals surface area contributed by atoms with E-state index in [4.69, 9.17) is 9.84 Å². The molecule has 1 N–H and O–H groups in total. The van der Waals surface area contributed by atoms with Crippen LogP contribution in [-0.2, 0) is 12.8 Å². The van der Waals surface area contributed by atoms with Gasteiger partial charge in [0.1, 0.15) is 0 Å². The van der Waals surface area contributed by atoms with Crippen LogP contribution in [-0.4, -0.2) is 11.2 Å². The third-order valence-electron chi connectivity index (χ3n) is 2.03. The van der Waals surface area contributed by atoms with Crippen LogP contribution >= 0.6 is 0 Å². The van der Waals surface area contributed by atoms with E-state index in [-0.39, 0.29) is 11.9 Å². The molecule has 0 spiro atoms. The van der Waals surface area contributed by atoms with Crippen LogP contribution in [0.15, 0.2) is 12.1 Å². The normalized spacial score (nSPS) is 12.0. The number of hydrogen-bond donors (Lipinski definition) is 1. The van der Waals surface area contributed by atoms with Gasteiger partial charge < -0.3 is 9.84 Å². The SMILES string of the molecule is CC(C)Oc1ccc(C(F)(F)F)c(CO)c1F. The van der Waals surface area contributed by atoms with Crippen molar-refractivity contribution in [3.05, 3.63) is 29.1 Å². The summed E-state index contributed by atoms with van der Waals surface area (Å²) in [6, 6.07) is 1.61. The molecular formula is C11H12F4O2. The number of halogens is 4. The van der Waals surface area contributed by atoms with Crippen molar-refractivity contribution in [1.29, 1.82) is 0 Å². The van der Waals surface area contributed by atoms with Crippen molar-refractivity contribution >= 4 is 0 Å². The van der Waals surface area contributed by atoms with Crippen molar-refractivity contribution in [3.63, 3.8) is 0 Å². The van der Waals surface area contributed by atoms with Gasteiger partial charge in [-0.15, -0.1) is 0 Å². The van der Waals surface area contributed by atoms with Gasteiger partial charge in [-0.3, -0.25) is 0 Å². The molecule has 0 aliphatic heterocycles. The highest BCUT2D eigenvalue weighted by Crippen LogP contribution is 2.36. The molecule has 1 aromatic carbocycles. The second-order valence-electron chi connectivity index (χ2n) is 3.73. The molecule has 0 aliphatic carbocycles. The molecule has 0 aromatic heterocycles. The maximum absolute atomic E-state index is 13.6. The van der Waals surface area contributed by atoms with Gasteiger partial charge in [0.05, 0.1) is 18.3 Å². The summed E-state index contributed by atoms with van der Waals surface area (Å²) in [5, 5.41) is 8.83. The molecule has 6 heteroatoms. The van der Waals surface area contributed by atoms with Crippen LogP contribution in [0.4, 0.5) is 17.6 Å². The van der Waals surface area contributed by atoms with Crippen molar-refractivity contribution < 1.29 is 27.4 Å². The van der Waals surface area contributed by atoms with Crippen LogP contribution in [0.5, 0.6) is 5.75 Å². The van der Waals surface area contributed by atoms with E-state index < -0.39 is 29.7 Å². The molecule has 0 aliphatic rings. The Bertz CT molecular complexity index is 399. The number of ether oxygens (including phenoxy) is 1. The Balaban J connectivity index is 3.27. The summed E-state index contributed by atoms with van der Waals surface area (Å²) >= 11 is 0. The smallest absolute Gasteiger partial charge is 0.416 e. The lowest BCUT2D eigenvalue weighted by molar-refractivity contribution is -0.139. The molecule has 0 amide bonds. The summed E-state index contributed by atoms with van der Waals surface area (Å²) in [6.07, 6.45) is -5.07. The fraction of sp³-hybridized carbons (Fsp3) is 0.455. The Labute approximate surface area is 95.8 Å². The van der Waals surface area contributed by atoms with E-state index >= 15 is 0 Å². The summed E-state index contributed by atoms with van der Waals surface area (Å²) < 4.78 is 56.1. The minimum Gasteiger partial charge on any atom is -0.488 e. The molecule has 17 heavy (non-hydrogen) atoms. The minimum atomic E-state index is -4.70. The van der Waals surface area contributed by atoms with E-state index in [9.17, 15) is 17.6 Å². The van der Waals surface area contributed by atoms with Gasteiger partial charge in [-0.05, 0) is 26.0 Å². The lowest BCUT2D eigenvalue weighted by Gasteiger charge is -2.16. The van der Waals surface area contributed by atoms with Gasteiger partial charge in [-0.25, -0.2) is 4.39 Å². The monoisotopic (exact) mass is 252 g/mol. The molecule has 0 bridgehead atoms. The number of aliphatic hydroxyl groups is 1. The molecule has 0 radical (unpaired) electrons. The molecule has 96 valence electrons. The van der Waals surface area contributed by atoms with E-state index in [0.29, 0.717) is 6.07 Å². The van der Waals surface area contributed by atoms with E-state index in [1.165, 1.54) is 0 Å². The first kappa shape index (κ1) is 13.8. The predicted molar refractivity (Wildman–Crippen MR) is 53.1 cm³/mol.